The summed E-state index contributed by atoms with van der Waals surface area (Å²) in [5.74, 6) is -0.553. The van der Waals surface area contributed by atoms with Crippen molar-refractivity contribution in [1.82, 2.24) is 10.6 Å². The fourth-order valence-corrected chi connectivity index (χ4v) is 3.06. The maximum absolute atomic E-state index is 12.0. The molecule has 1 heterocycles. The molecule has 0 aromatic heterocycles. The largest absolute Gasteiger partial charge is 1.00 e. The van der Waals surface area contributed by atoms with Gasteiger partial charge in [-0.25, -0.2) is 4.79 Å². The van der Waals surface area contributed by atoms with Crippen molar-refractivity contribution in [3.05, 3.63) is 0 Å². The monoisotopic (exact) mass is 247 g/mol. The summed E-state index contributed by atoms with van der Waals surface area (Å²) < 4.78 is 0. The van der Waals surface area contributed by atoms with Crippen LogP contribution in [0.4, 0.5) is 4.79 Å². The molecule has 2 rings (SSSR count). The van der Waals surface area contributed by atoms with Crippen LogP contribution in [0.1, 0.15) is 33.1 Å². The van der Waals surface area contributed by atoms with Gasteiger partial charge in [-0.05, 0) is 24.7 Å². The van der Waals surface area contributed by atoms with E-state index in [4.69, 9.17) is 0 Å². The number of rotatable bonds is 1. The topological polar surface area (TPSA) is 75.3 Å². The van der Waals surface area contributed by atoms with E-state index >= 15 is 0 Å². The second-order valence-electron chi connectivity index (χ2n) is 4.95. The molecule has 0 aromatic rings. The second-order valence-corrected chi connectivity index (χ2v) is 4.95. The molecule has 6 heteroatoms. The summed E-state index contributed by atoms with van der Waals surface area (Å²) in [7, 11) is 0. The standard InChI is InChI=1S/C11H16N2O3.Na/c1-6(2)7-4-3-5-11(7)8(14)12-10(16)13-9(11)15;/h6-7H,3-5H2,1-2H3,(H2,12,13,14,15,16);/q;+1. The van der Waals surface area contributed by atoms with E-state index in [0.717, 1.165) is 12.8 Å². The summed E-state index contributed by atoms with van der Waals surface area (Å²) in [6.07, 6.45) is 2.27. The second kappa shape index (κ2) is 5.08. The fourth-order valence-electron chi connectivity index (χ4n) is 3.06. The Hall–Kier alpha value is -0.390. The van der Waals surface area contributed by atoms with Crippen molar-refractivity contribution in [2.75, 3.05) is 0 Å². The predicted octanol–water partition coefficient (Wildman–Crippen LogP) is -2.20. The molecule has 0 aromatic carbocycles. The van der Waals surface area contributed by atoms with Crippen LogP contribution in [0.15, 0.2) is 0 Å². The molecule has 2 aliphatic rings. The number of barbiturate groups is 1. The molecule has 1 aliphatic carbocycles. The summed E-state index contributed by atoms with van der Waals surface area (Å²) in [5.41, 5.74) is -1.01. The Morgan fingerprint density at radius 3 is 2.18 bits per heavy atom. The van der Waals surface area contributed by atoms with Gasteiger partial charge in [-0.15, -0.1) is 0 Å². The molecule has 1 saturated heterocycles. The van der Waals surface area contributed by atoms with Gasteiger partial charge in [0.25, 0.3) is 0 Å². The van der Waals surface area contributed by atoms with Crippen molar-refractivity contribution < 1.29 is 43.9 Å². The zero-order valence-electron chi connectivity index (χ0n) is 10.5. The summed E-state index contributed by atoms with van der Waals surface area (Å²) in [6.45, 7) is 4.02. The van der Waals surface area contributed by atoms with Crippen LogP contribution in [0.2, 0.25) is 0 Å². The predicted molar refractivity (Wildman–Crippen MR) is 56.3 cm³/mol. The van der Waals surface area contributed by atoms with Crippen LogP contribution < -0.4 is 40.2 Å². The third kappa shape index (κ3) is 2.16. The van der Waals surface area contributed by atoms with E-state index in [0.29, 0.717) is 6.42 Å². The van der Waals surface area contributed by atoms with Crippen LogP contribution >= 0.6 is 0 Å². The third-order valence-corrected chi connectivity index (χ3v) is 3.79. The van der Waals surface area contributed by atoms with Crippen molar-refractivity contribution in [1.29, 1.82) is 0 Å². The Kier molecular flexibility index (Phi) is 4.38. The molecule has 2 fully saturated rings. The number of imide groups is 2. The van der Waals surface area contributed by atoms with Gasteiger partial charge < -0.3 is 0 Å². The molecule has 1 aliphatic heterocycles. The number of hydrogen-bond acceptors (Lipinski definition) is 3. The number of amides is 4. The number of carbonyl (C=O) groups is 3. The Bertz CT molecular complexity index is 348. The molecule has 1 unspecified atom stereocenters. The van der Waals surface area contributed by atoms with Gasteiger partial charge in [0.15, 0.2) is 0 Å². The first kappa shape index (κ1) is 14.7. The van der Waals surface area contributed by atoms with Crippen LogP contribution in [-0.2, 0) is 9.59 Å². The maximum atomic E-state index is 12.0. The third-order valence-electron chi connectivity index (χ3n) is 3.79. The van der Waals surface area contributed by atoms with Gasteiger partial charge in [-0.2, -0.15) is 0 Å². The molecule has 5 nitrogen and oxygen atoms in total. The van der Waals surface area contributed by atoms with Crippen molar-refractivity contribution >= 4 is 17.8 Å². The van der Waals surface area contributed by atoms with Crippen LogP contribution in [0.5, 0.6) is 0 Å². The van der Waals surface area contributed by atoms with Gasteiger partial charge in [0.1, 0.15) is 5.41 Å². The van der Waals surface area contributed by atoms with E-state index in [1.54, 1.807) is 0 Å². The van der Waals surface area contributed by atoms with Gasteiger partial charge >= 0.3 is 35.6 Å². The van der Waals surface area contributed by atoms with Crippen LogP contribution in [0.3, 0.4) is 0 Å². The van der Waals surface area contributed by atoms with Crippen LogP contribution in [0.25, 0.3) is 0 Å². The minimum atomic E-state index is -1.01. The zero-order valence-corrected chi connectivity index (χ0v) is 12.5. The SMILES string of the molecule is CC(C)C1CCCC12C(=O)NC(=O)NC2=O.[Na+]. The number of carbonyl (C=O) groups excluding carboxylic acids is 3. The van der Waals surface area contributed by atoms with Gasteiger partial charge in [0.05, 0.1) is 0 Å². The maximum Gasteiger partial charge on any atom is 1.00 e. The fraction of sp³-hybridized carbons (Fsp3) is 0.727. The Labute approximate surface area is 122 Å². The molecule has 1 atom stereocenters. The zero-order chi connectivity index (χ0) is 11.9. The summed E-state index contributed by atoms with van der Waals surface area (Å²) in [5, 5.41) is 4.43. The van der Waals surface area contributed by atoms with Crippen molar-refractivity contribution in [3.8, 4) is 0 Å². The Morgan fingerprint density at radius 1 is 1.18 bits per heavy atom. The van der Waals surface area contributed by atoms with Crippen LogP contribution in [0, 0.1) is 17.3 Å². The van der Waals surface area contributed by atoms with Crippen molar-refractivity contribution in [2.24, 2.45) is 17.3 Å². The molecule has 17 heavy (non-hydrogen) atoms. The van der Waals surface area contributed by atoms with Crippen LogP contribution in [-0.4, -0.2) is 17.8 Å². The minimum absolute atomic E-state index is 0. The number of hydrogen-bond donors (Lipinski definition) is 2. The van der Waals surface area contributed by atoms with E-state index < -0.39 is 23.3 Å². The van der Waals surface area contributed by atoms with Crippen molar-refractivity contribution in [3.63, 3.8) is 0 Å². The van der Waals surface area contributed by atoms with E-state index in [1.807, 2.05) is 13.8 Å². The first-order valence-corrected chi connectivity index (χ1v) is 5.65. The van der Waals surface area contributed by atoms with E-state index in [-0.39, 0.29) is 41.4 Å². The number of urea groups is 1. The molecular formula is C11H16N2NaO3+. The Morgan fingerprint density at radius 2 is 1.71 bits per heavy atom. The molecule has 1 spiro atoms. The summed E-state index contributed by atoms with van der Waals surface area (Å²) in [4.78, 5) is 35.0. The Balaban J connectivity index is 0.00000144. The van der Waals surface area contributed by atoms with E-state index in [1.165, 1.54) is 0 Å². The molecule has 88 valence electrons. The average molecular weight is 247 g/mol. The normalized spacial score (nSPS) is 26.8. The molecule has 1 saturated carbocycles. The van der Waals surface area contributed by atoms with Gasteiger partial charge in [-0.1, -0.05) is 20.3 Å². The van der Waals surface area contributed by atoms with E-state index in [9.17, 15) is 14.4 Å². The van der Waals surface area contributed by atoms with Gasteiger partial charge in [-0.3, -0.25) is 20.2 Å². The summed E-state index contributed by atoms with van der Waals surface area (Å²) in [6, 6.07) is -0.699. The molecule has 0 radical (unpaired) electrons. The van der Waals surface area contributed by atoms with Crippen molar-refractivity contribution in [2.45, 2.75) is 33.1 Å². The van der Waals surface area contributed by atoms with Gasteiger partial charge in [0, 0.05) is 0 Å². The molecule has 2 N–H and O–H groups in total. The molecule has 4 amide bonds. The molecular weight excluding hydrogens is 231 g/mol. The summed E-state index contributed by atoms with van der Waals surface area (Å²) >= 11 is 0. The smallest absolute Gasteiger partial charge is 0.277 e. The number of nitrogens with one attached hydrogen (secondary N) is 2. The van der Waals surface area contributed by atoms with E-state index in [2.05, 4.69) is 10.6 Å². The quantitative estimate of drug-likeness (QED) is 0.408. The molecule has 0 bridgehead atoms. The minimum Gasteiger partial charge on any atom is -0.277 e. The first-order chi connectivity index (χ1) is 7.48. The first-order valence-electron chi connectivity index (χ1n) is 5.65. The average Bonchev–Trinajstić information content (AvgIpc) is 2.59. The van der Waals surface area contributed by atoms with Gasteiger partial charge in [0.2, 0.25) is 11.8 Å².